The van der Waals surface area contributed by atoms with Crippen molar-refractivity contribution in [2.24, 2.45) is 0 Å². The Morgan fingerprint density at radius 3 is 2.86 bits per heavy atom. The first-order chi connectivity index (χ1) is 6.76. The Balaban J connectivity index is 2.70. The zero-order chi connectivity index (χ0) is 10.1. The van der Waals surface area contributed by atoms with E-state index in [9.17, 15) is 0 Å². The van der Waals surface area contributed by atoms with Gasteiger partial charge in [-0.25, -0.2) is 0 Å². The summed E-state index contributed by atoms with van der Waals surface area (Å²) in [4.78, 5) is 0. The van der Waals surface area contributed by atoms with Crippen LogP contribution in [0.5, 0.6) is 5.75 Å². The Morgan fingerprint density at radius 1 is 1.43 bits per heavy atom. The number of hydrogen-bond acceptors (Lipinski definition) is 2. The molecule has 0 fully saturated rings. The second-order valence-electron chi connectivity index (χ2n) is 3.10. The zero-order valence-corrected chi connectivity index (χ0v) is 9.71. The van der Waals surface area contributed by atoms with Gasteiger partial charge in [-0.1, -0.05) is 18.5 Å². The van der Waals surface area contributed by atoms with Gasteiger partial charge in [0.1, 0.15) is 5.75 Å². The molecule has 1 aromatic heterocycles. The molecule has 0 atom stereocenters. The van der Waals surface area contributed by atoms with E-state index in [1.165, 1.54) is 15.6 Å². The third kappa shape index (κ3) is 1.49. The first-order valence-electron chi connectivity index (χ1n) is 4.50. The molecule has 0 radical (unpaired) electrons. The van der Waals surface area contributed by atoms with E-state index in [-0.39, 0.29) is 0 Å². The Bertz CT molecular complexity index is 462. The number of hydrogen-bond donors (Lipinski definition) is 0. The Morgan fingerprint density at radius 2 is 2.21 bits per heavy atom. The maximum absolute atomic E-state index is 6.04. The molecule has 74 valence electrons. The topological polar surface area (TPSA) is 9.23 Å². The number of methoxy groups -OCH3 is 1. The summed E-state index contributed by atoms with van der Waals surface area (Å²) in [5, 5.41) is 4.13. The van der Waals surface area contributed by atoms with Crippen LogP contribution in [0.1, 0.15) is 12.5 Å². The summed E-state index contributed by atoms with van der Waals surface area (Å²) >= 11 is 7.77. The van der Waals surface area contributed by atoms with Crippen molar-refractivity contribution in [3.63, 3.8) is 0 Å². The van der Waals surface area contributed by atoms with E-state index in [0.29, 0.717) is 5.02 Å². The number of rotatable bonds is 2. The Labute approximate surface area is 92.3 Å². The van der Waals surface area contributed by atoms with Gasteiger partial charge in [0.15, 0.2) is 0 Å². The third-order valence-electron chi connectivity index (χ3n) is 2.31. The van der Waals surface area contributed by atoms with Crippen molar-refractivity contribution in [1.82, 2.24) is 0 Å². The number of aryl methyl sites for hydroxylation is 1. The molecule has 1 heterocycles. The van der Waals surface area contributed by atoms with Crippen LogP contribution in [-0.2, 0) is 6.42 Å². The van der Waals surface area contributed by atoms with Crippen LogP contribution in [0.4, 0.5) is 0 Å². The number of ether oxygens (including phenoxy) is 1. The van der Waals surface area contributed by atoms with Crippen LogP contribution in [0.2, 0.25) is 5.02 Å². The molecule has 2 aromatic rings. The van der Waals surface area contributed by atoms with Gasteiger partial charge in [0.2, 0.25) is 0 Å². The van der Waals surface area contributed by atoms with Gasteiger partial charge in [-0.05, 0) is 34.9 Å². The molecule has 0 amide bonds. The van der Waals surface area contributed by atoms with Crippen molar-refractivity contribution >= 4 is 33.0 Å². The van der Waals surface area contributed by atoms with E-state index in [0.717, 1.165) is 12.2 Å². The molecule has 0 aliphatic rings. The number of halogens is 1. The van der Waals surface area contributed by atoms with Crippen molar-refractivity contribution in [3.8, 4) is 5.75 Å². The fraction of sp³-hybridized carbons (Fsp3) is 0.273. The van der Waals surface area contributed by atoms with Crippen LogP contribution < -0.4 is 4.74 Å². The predicted octanol–water partition coefficient (Wildman–Crippen LogP) is 4.13. The van der Waals surface area contributed by atoms with Gasteiger partial charge in [-0.15, -0.1) is 11.3 Å². The number of benzene rings is 1. The molecule has 14 heavy (non-hydrogen) atoms. The van der Waals surface area contributed by atoms with Crippen LogP contribution >= 0.6 is 22.9 Å². The van der Waals surface area contributed by atoms with Gasteiger partial charge in [-0.3, -0.25) is 0 Å². The quantitative estimate of drug-likeness (QED) is 0.749. The van der Waals surface area contributed by atoms with Crippen molar-refractivity contribution in [2.45, 2.75) is 13.3 Å². The molecule has 0 unspecified atom stereocenters. The van der Waals surface area contributed by atoms with Crippen LogP contribution in [0.15, 0.2) is 17.5 Å². The minimum absolute atomic E-state index is 0.685. The standard InChI is InChI=1S/C11H11ClOS/c1-3-7-6-14-11-5-9(12)10(13-2)4-8(7)11/h4-6H,3H2,1-2H3. The van der Waals surface area contributed by atoms with Crippen molar-refractivity contribution < 1.29 is 4.74 Å². The van der Waals surface area contributed by atoms with Crippen molar-refractivity contribution in [2.75, 3.05) is 7.11 Å². The highest BCUT2D eigenvalue weighted by molar-refractivity contribution is 7.17. The van der Waals surface area contributed by atoms with Gasteiger partial charge in [0.05, 0.1) is 12.1 Å². The van der Waals surface area contributed by atoms with E-state index in [4.69, 9.17) is 16.3 Å². The van der Waals surface area contributed by atoms with Crippen molar-refractivity contribution in [3.05, 3.63) is 28.1 Å². The molecule has 0 aliphatic carbocycles. The summed E-state index contributed by atoms with van der Waals surface area (Å²) in [5.74, 6) is 0.757. The van der Waals surface area contributed by atoms with Crippen molar-refractivity contribution in [1.29, 1.82) is 0 Å². The molecule has 0 saturated carbocycles. The molecular formula is C11H11ClOS. The maximum Gasteiger partial charge on any atom is 0.138 e. The molecule has 0 bridgehead atoms. The van der Waals surface area contributed by atoms with E-state index in [1.54, 1.807) is 18.4 Å². The van der Waals surface area contributed by atoms with Gasteiger partial charge in [-0.2, -0.15) is 0 Å². The molecular weight excluding hydrogens is 216 g/mol. The number of fused-ring (bicyclic) bond motifs is 1. The van der Waals surface area contributed by atoms with E-state index >= 15 is 0 Å². The average molecular weight is 227 g/mol. The van der Waals surface area contributed by atoms with Gasteiger partial charge in [0.25, 0.3) is 0 Å². The fourth-order valence-corrected chi connectivity index (χ4v) is 2.88. The molecule has 1 nitrogen and oxygen atoms in total. The second kappa shape index (κ2) is 3.79. The van der Waals surface area contributed by atoms with Crippen LogP contribution in [-0.4, -0.2) is 7.11 Å². The summed E-state index contributed by atoms with van der Waals surface area (Å²) in [6.45, 7) is 2.16. The lowest BCUT2D eigenvalue weighted by molar-refractivity contribution is 0.415. The maximum atomic E-state index is 6.04. The SMILES string of the molecule is CCc1csc2cc(Cl)c(OC)cc12. The van der Waals surface area contributed by atoms with Crippen LogP contribution in [0, 0.1) is 0 Å². The monoisotopic (exact) mass is 226 g/mol. The summed E-state index contributed by atoms with van der Waals surface area (Å²) in [5.41, 5.74) is 1.36. The highest BCUT2D eigenvalue weighted by Gasteiger charge is 2.07. The first-order valence-corrected chi connectivity index (χ1v) is 5.75. The largest absolute Gasteiger partial charge is 0.495 e. The molecule has 1 aromatic carbocycles. The lowest BCUT2D eigenvalue weighted by Gasteiger charge is -2.03. The molecule has 0 aliphatic heterocycles. The lowest BCUT2D eigenvalue weighted by atomic mass is 10.1. The normalized spacial score (nSPS) is 10.8. The molecule has 3 heteroatoms. The van der Waals surface area contributed by atoms with E-state index in [2.05, 4.69) is 12.3 Å². The van der Waals surface area contributed by atoms with Gasteiger partial charge < -0.3 is 4.74 Å². The Hall–Kier alpha value is -0.730. The number of thiophene rings is 1. The minimum Gasteiger partial charge on any atom is -0.495 e. The van der Waals surface area contributed by atoms with Crippen LogP contribution in [0.25, 0.3) is 10.1 Å². The summed E-state index contributed by atoms with van der Waals surface area (Å²) < 4.78 is 6.42. The third-order valence-corrected chi connectivity index (χ3v) is 3.60. The summed E-state index contributed by atoms with van der Waals surface area (Å²) in [6, 6.07) is 3.99. The molecule has 0 N–H and O–H groups in total. The van der Waals surface area contributed by atoms with Crippen LogP contribution in [0.3, 0.4) is 0 Å². The predicted molar refractivity (Wildman–Crippen MR) is 62.8 cm³/mol. The minimum atomic E-state index is 0.685. The molecule has 0 spiro atoms. The van der Waals surface area contributed by atoms with E-state index < -0.39 is 0 Å². The zero-order valence-electron chi connectivity index (χ0n) is 8.13. The fourth-order valence-electron chi connectivity index (χ4n) is 1.51. The van der Waals surface area contributed by atoms with Gasteiger partial charge >= 0.3 is 0 Å². The lowest BCUT2D eigenvalue weighted by Crippen LogP contribution is -1.84. The summed E-state index contributed by atoms with van der Waals surface area (Å²) in [6.07, 6.45) is 1.05. The van der Waals surface area contributed by atoms with E-state index in [1.807, 2.05) is 12.1 Å². The molecule has 2 rings (SSSR count). The second-order valence-corrected chi connectivity index (χ2v) is 4.42. The first kappa shape index (κ1) is 9.81. The average Bonchev–Trinajstić information content (AvgIpc) is 2.58. The summed E-state index contributed by atoms with van der Waals surface area (Å²) in [7, 11) is 1.64. The molecule has 0 saturated heterocycles. The highest BCUT2D eigenvalue weighted by atomic mass is 35.5. The highest BCUT2D eigenvalue weighted by Crippen LogP contribution is 2.35. The van der Waals surface area contributed by atoms with Gasteiger partial charge in [0, 0.05) is 4.70 Å². The Kier molecular flexibility index (Phi) is 2.66. The smallest absolute Gasteiger partial charge is 0.138 e.